The van der Waals surface area contributed by atoms with Crippen molar-refractivity contribution in [3.63, 3.8) is 0 Å². The van der Waals surface area contributed by atoms with E-state index in [-0.39, 0.29) is 28.9 Å². The smallest absolute Gasteiger partial charge is 0.223 e. The van der Waals surface area contributed by atoms with E-state index in [1.54, 1.807) is 0 Å². The Hall–Kier alpha value is -0.900. The van der Waals surface area contributed by atoms with E-state index in [2.05, 4.69) is 10.2 Å². The molecular weight excluding hydrogens is 264 g/mol. The topological polar surface area (TPSA) is 49.4 Å². The zero-order valence-corrected chi connectivity index (χ0v) is 14.4. The molecule has 1 aliphatic carbocycles. The van der Waals surface area contributed by atoms with Crippen molar-refractivity contribution in [2.45, 2.75) is 52.9 Å². The van der Waals surface area contributed by atoms with Crippen LogP contribution in [0.2, 0.25) is 0 Å². The molecule has 0 radical (unpaired) electrons. The summed E-state index contributed by atoms with van der Waals surface area (Å²) >= 11 is 0. The summed E-state index contributed by atoms with van der Waals surface area (Å²) in [6, 6.07) is 0. The SMILES string of the molecule is CN(C)CCNC(=O)[C@@H]1CCCC[C@@H]1CC(=O)C(C)(C)C. The third-order valence-corrected chi connectivity index (χ3v) is 4.39. The monoisotopic (exact) mass is 296 g/mol. The molecule has 21 heavy (non-hydrogen) atoms. The van der Waals surface area contributed by atoms with Crippen LogP contribution in [0.25, 0.3) is 0 Å². The summed E-state index contributed by atoms with van der Waals surface area (Å²) in [6.07, 6.45) is 4.73. The van der Waals surface area contributed by atoms with E-state index in [1.165, 1.54) is 0 Å². The van der Waals surface area contributed by atoms with Crippen molar-refractivity contribution in [2.75, 3.05) is 27.2 Å². The van der Waals surface area contributed by atoms with Gasteiger partial charge >= 0.3 is 0 Å². The van der Waals surface area contributed by atoms with Crippen molar-refractivity contribution in [2.24, 2.45) is 17.3 Å². The minimum Gasteiger partial charge on any atom is -0.355 e. The highest BCUT2D eigenvalue weighted by Gasteiger charge is 2.34. The summed E-state index contributed by atoms with van der Waals surface area (Å²) < 4.78 is 0. The number of nitrogens with zero attached hydrogens (tertiary/aromatic N) is 1. The maximum absolute atomic E-state index is 12.4. The summed E-state index contributed by atoms with van der Waals surface area (Å²) in [4.78, 5) is 26.7. The zero-order chi connectivity index (χ0) is 16.0. The number of hydrogen-bond acceptors (Lipinski definition) is 3. The van der Waals surface area contributed by atoms with E-state index in [9.17, 15) is 9.59 Å². The Bertz CT molecular complexity index is 358. The first-order chi connectivity index (χ1) is 9.71. The number of nitrogens with one attached hydrogen (secondary N) is 1. The molecule has 122 valence electrons. The number of Topliss-reactive ketones (excluding diaryl/α,β-unsaturated/α-hetero) is 1. The van der Waals surface area contributed by atoms with Gasteiger partial charge in [0.1, 0.15) is 5.78 Å². The molecule has 0 heterocycles. The Morgan fingerprint density at radius 1 is 1.14 bits per heavy atom. The van der Waals surface area contributed by atoms with E-state index >= 15 is 0 Å². The fraction of sp³-hybridized carbons (Fsp3) is 0.882. The minimum atomic E-state index is -0.302. The van der Waals surface area contributed by atoms with Crippen LogP contribution in [0.1, 0.15) is 52.9 Å². The quantitative estimate of drug-likeness (QED) is 0.819. The summed E-state index contributed by atoms with van der Waals surface area (Å²) in [5.41, 5.74) is -0.302. The van der Waals surface area contributed by atoms with Crippen molar-refractivity contribution < 1.29 is 9.59 Å². The fourth-order valence-electron chi connectivity index (χ4n) is 2.88. The minimum absolute atomic E-state index is 0.0206. The lowest BCUT2D eigenvalue weighted by Gasteiger charge is -2.32. The van der Waals surface area contributed by atoms with Gasteiger partial charge in [0, 0.05) is 30.8 Å². The average molecular weight is 296 g/mol. The van der Waals surface area contributed by atoms with Gasteiger partial charge in [-0.2, -0.15) is 0 Å². The van der Waals surface area contributed by atoms with Crippen molar-refractivity contribution >= 4 is 11.7 Å². The van der Waals surface area contributed by atoms with Gasteiger partial charge in [-0.1, -0.05) is 33.6 Å². The maximum Gasteiger partial charge on any atom is 0.223 e. The van der Waals surface area contributed by atoms with Crippen LogP contribution in [-0.2, 0) is 9.59 Å². The molecule has 2 atom stereocenters. The van der Waals surface area contributed by atoms with Crippen LogP contribution in [0.3, 0.4) is 0 Å². The lowest BCUT2D eigenvalue weighted by molar-refractivity contribution is -0.131. The Morgan fingerprint density at radius 3 is 2.33 bits per heavy atom. The summed E-state index contributed by atoms with van der Waals surface area (Å²) in [7, 11) is 4.00. The lowest BCUT2D eigenvalue weighted by atomic mass is 9.73. The predicted octanol–water partition coefficient (Wildman–Crippen LogP) is 2.48. The Balaban J connectivity index is 2.56. The van der Waals surface area contributed by atoms with Crippen molar-refractivity contribution in [3.8, 4) is 0 Å². The first-order valence-corrected chi connectivity index (χ1v) is 8.17. The molecule has 0 bridgehead atoms. The van der Waals surface area contributed by atoms with Crippen molar-refractivity contribution in [3.05, 3.63) is 0 Å². The first-order valence-electron chi connectivity index (χ1n) is 8.17. The molecule has 1 rings (SSSR count). The number of rotatable bonds is 6. The molecule has 0 spiro atoms. The number of ketones is 1. The maximum atomic E-state index is 12.4. The highest BCUT2D eigenvalue weighted by molar-refractivity contribution is 5.85. The Labute approximate surface area is 129 Å². The molecule has 0 unspecified atom stereocenters. The van der Waals surface area contributed by atoms with Crippen molar-refractivity contribution in [1.29, 1.82) is 0 Å². The molecule has 4 nitrogen and oxygen atoms in total. The standard InChI is InChI=1S/C17H32N2O2/c1-17(2,3)15(20)12-13-8-6-7-9-14(13)16(21)18-10-11-19(4)5/h13-14H,6-12H2,1-5H3,(H,18,21)/t13-,14-/m1/s1. The van der Waals surface area contributed by atoms with Crippen LogP contribution in [0.15, 0.2) is 0 Å². The number of hydrogen-bond donors (Lipinski definition) is 1. The highest BCUT2D eigenvalue weighted by Crippen LogP contribution is 2.34. The number of amides is 1. The largest absolute Gasteiger partial charge is 0.355 e. The number of likely N-dealkylation sites (N-methyl/N-ethyl adjacent to an activating group) is 1. The van der Waals surface area contributed by atoms with Gasteiger partial charge in [-0.3, -0.25) is 9.59 Å². The zero-order valence-electron chi connectivity index (χ0n) is 14.4. The molecule has 1 saturated carbocycles. The van der Waals surface area contributed by atoms with Crippen LogP contribution in [0.5, 0.6) is 0 Å². The predicted molar refractivity (Wildman–Crippen MR) is 86.1 cm³/mol. The second kappa shape index (κ2) is 7.92. The van der Waals surface area contributed by atoms with Gasteiger partial charge in [-0.05, 0) is 32.9 Å². The molecule has 1 aliphatic rings. The number of carbonyl (C=O) groups excluding carboxylic acids is 2. The van der Waals surface area contributed by atoms with Gasteiger partial charge in [-0.15, -0.1) is 0 Å². The fourth-order valence-corrected chi connectivity index (χ4v) is 2.88. The summed E-state index contributed by atoms with van der Waals surface area (Å²) in [6.45, 7) is 7.42. The van der Waals surface area contributed by atoms with Crippen molar-refractivity contribution in [1.82, 2.24) is 10.2 Å². The number of carbonyl (C=O) groups is 2. The molecule has 1 amide bonds. The van der Waals surface area contributed by atoms with E-state index in [4.69, 9.17) is 0 Å². The molecule has 1 fully saturated rings. The molecule has 0 saturated heterocycles. The van der Waals surface area contributed by atoms with Crippen LogP contribution in [-0.4, -0.2) is 43.8 Å². The second-order valence-electron chi connectivity index (χ2n) is 7.62. The molecule has 0 aromatic rings. The molecular formula is C17H32N2O2. The molecule has 0 aromatic heterocycles. The van der Waals surface area contributed by atoms with Gasteiger partial charge in [0.2, 0.25) is 5.91 Å². The Morgan fingerprint density at radius 2 is 1.76 bits per heavy atom. The third-order valence-electron chi connectivity index (χ3n) is 4.39. The molecule has 0 aliphatic heterocycles. The van der Waals surface area contributed by atoms with E-state index < -0.39 is 0 Å². The normalized spacial score (nSPS) is 23.1. The van der Waals surface area contributed by atoms with Gasteiger partial charge < -0.3 is 10.2 Å². The second-order valence-corrected chi connectivity index (χ2v) is 7.62. The van der Waals surface area contributed by atoms with Gasteiger partial charge in [0.15, 0.2) is 0 Å². The van der Waals surface area contributed by atoms with Crippen LogP contribution in [0.4, 0.5) is 0 Å². The Kier molecular flexibility index (Phi) is 6.85. The van der Waals surface area contributed by atoms with Gasteiger partial charge in [0.05, 0.1) is 0 Å². The lowest BCUT2D eigenvalue weighted by Crippen LogP contribution is -2.40. The first kappa shape index (κ1) is 18.1. The van der Waals surface area contributed by atoms with Gasteiger partial charge in [-0.25, -0.2) is 0 Å². The third kappa shape index (κ3) is 6.16. The van der Waals surface area contributed by atoms with Gasteiger partial charge in [0.25, 0.3) is 0 Å². The van der Waals surface area contributed by atoms with Crippen LogP contribution in [0, 0.1) is 17.3 Å². The average Bonchev–Trinajstić information content (AvgIpc) is 2.37. The molecule has 4 heteroatoms. The van der Waals surface area contributed by atoms with E-state index in [0.717, 1.165) is 32.2 Å². The molecule has 0 aromatic carbocycles. The summed E-state index contributed by atoms with van der Waals surface area (Å²) in [5, 5.41) is 3.03. The van der Waals surface area contributed by atoms with E-state index in [1.807, 2.05) is 34.9 Å². The highest BCUT2D eigenvalue weighted by atomic mass is 16.2. The van der Waals surface area contributed by atoms with E-state index in [0.29, 0.717) is 13.0 Å². The summed E-state index contributed by atoms with van der Waals surface area (Å²) in [5.74, 6) is 0.667. The van der Waals surface area contributed by atoms with Crippen LogP contribution >= 0.6 is 0 Å². The van der Waals surface area contributed by atoms with Crippen LogP contribution < -0.4 is 5.32 Å². The molecule has 1 N–H and O–H groups in total.